The van der Waals surface area contributed by atoms with Crippen LogP contribution in [0.15, 0.2) is 23.8 Å². The van der Waals surface area contributed by atoms with E-state index in [0.717, 1.165) is 121 Å². The van der Waals surface area contributed by atoms with Gasteiger partial charge in [-0.3, -0.25) is 0 Å². The zero-order valence-corrected chi connectivity index (χ0v) is 44.0. The summed E-state index contributed by atoms with van der Waals surface area (Å²) in [6.07, 6.45) is 47.9. The largest absolute Gasteiger partial charge is 0.381 e. The maximum Gasteiger partial charge on any atom is 0.0811 e. The molecule has 0 N–H and O–H groups in total. The van der Waals surface area contributed by atoms with E-state index in [1.807, 2.05) is 0 Å². The van der Waals surface area contributed by atoms with E-state index in [2.05, 4.69) is 66.7 Å². The lowest BCUT2D eigenvalue weighted by molar-refractivity contribution is -0.0440. The van der Waals surface area contributed by atoms with E-state index in [1.165, 1.54) is 154 Å². The third-order valence-electron chi connectivity index (χ3n) is 16.5. The van der Waals surface area contributed by atoms with Crippen molar-refractivity contribution in [3.63, 3.8) is 0 Å². The fourth-order valence-corrected chi connectivity index (χ4v) is 12.0. The Morgan fingerprint density at radius 2 is 1.28 bits per heavy atom. The summed E-state index contributed by atoms with van der Waals surface area (Å²) in [6, 6.07) is 0. The Morgan fingerprint density at radius 1 is 0.656 bits per heavy atom. The van der Waals surface area contributed by atoms with Gasteiger partial charge in [0.25, 0.3) is 0 Å². The van der Waals surface area contributed by atoms with Crippen LogP contribution in [-0.2, 0) is 23.7 Å². The summed E-state index contributed by atoms with van der Waals surface area (Å²) < 4.78 is 30.4. The van der Waals surface area contributed by atoms with Gasteiger partial charge >= 0.3 is 0 Å². The van der Waals surface area contributed by atoms with E-state index in [9.17, 15) is 0 Å². The van der Waals surface area contributed by atoms with Crippen molar-refractivity contribution in [2.24, 2.45) is 40.4 Å². The van der Waals surface area contributed by atoms with Crippen LogP contribution in [0.2, 0.25) is 0 Å². The predicted molar refractivity (Wildman–Crippen MR) is 275 cm³/mol. The van der Waals surface area contributed by atoms with Crippen molar-refractivity contribution in [2.45, 2.75) is 254 Å². The summed E-state index contributed by atoms with van der Waals surface area (Å²) in [7, 11) is 0. The van der Waals surface area contributed by atoms with Crippen LogP contribution in [0.25, 0.3) is 0 Å². The molecule has 2 aliphatic carbocycles. The van der Waals surface area contributed by atoms with Crippen molar-refractivity contribution < 1.29 is 23.7 Å². The Morgan fingerprint density at radius 3 is 1.97 bits per heavy atom. The number of unbranched alkanes of at least 4 members (excludes halogenated alkanes) is 12. The molecule has 5 heteroatoms. The molecule has 5 nitrogen and oxygen atoms in total. The number of hydrogen-bond donors (Lipinski definition) is 0. The van der Waals surface area contributed by atoms with Crippen LogP contribution in [0.5, 0.6) is 0 Å². The Balaban J connectivity index is 1.20. The first kappa shape index (κ1) is 57.6. The summed E-state index contributed by atoms with van der Waals surface area (Å²) >= 11 is 0. The van der Waals surface area contributed by atoms with Gasteiger partial charge in [-0.2, -0.15) is 0 Å². The highest BCUT2D eigenvalue weighted by molar-refractivity contribution is 5.12. The molecular weight excluding hydrogens is 789 g/mol. The van der Waals surface area contributed by atoms with Gasteiger partial charge in [-0.15, -0.1) is 0 Å². The van der Waals surface area contributed by atoms with Gasteiger partial charge in [0.15, 0.2) is 0 Å². The van der Waals surface area contributed by atoms with Crippen molar-refractivity contribution in [2.75, 3.05) is 59.5 Å². The molecule has 0 radical (unpaired) electrons. The molecule has 6 atom stereocenters. The van der Waals surface area contributed by atoms with Crippen LogP contribution in [0.3, 0.4) is 0 Å². The fraction of sp³-hybridized carbons (Fsp3) is 0.932. The monoisotopic (exact) mass is 899 g/mol. The summed E-state index contributed by atoms with van der Waals surface area (Å²) in [5.74, 6) is 4.22. The van der Waals surface area contributed by atoms with Gasteiger partial charge in [0, 0.05) is 52.9 Å². The highest BCUT2D eigenvalue weighted by atomic mass is 16.5. The van der Waals surface area contributed by atoms with E-state index >= 15 is 0 Å². The first-order chi connectivity index (χ1) is 31.2. The van der Waals surface area contributed by atoms with Crippen molar-refractivity contribution in [1.82, 2.24) is 0 Å². The molecule has 3 rings (SSSR count). The molecule has 1 saturated heterocycles. The summed E-state index contributed by atoms with van der Waals surface area (Å²) in [4.78, 5) is 0. The van der Waals surface area contributed by atoms with Crippen LogP contribution >= 0.6 is 0 Å². The number of allylic oxidation sites excluding steroid dienone is 4. The van der Waals surface area contributed by atoms with Gasteiger partial charge in [-0.1, -0.05) is 149 Å². The normalized spacial score (nSPS) is 24.7. The molecule has 1 aliphatic heterocycles. The molecule has 0 spiro atoms. The predicted octanol–water partition coefficient (Wildman–Crippen LogP) is 17.2. The molecule has 1 heterocycles. The molecule has 1 saturated carbocycles. The summed E-state index contributed by atoms with van der Waals surface area (Å²) in [5.41, 5.74) is 2.46. The molecule has 1 unspecified atom stereocenters. The van der Waals surface area contributed by atoms with Crippen LogP contribution in [0.4, 0.5) is 0 Å². The molecular formula is C59H110O5. The fourth-order valence-electron chi connectivity index (χ4n) is 12.0. The Labute approximate surface area is 399 Å². The maximum absolute atomic E-state index is 6.42. The molecule has 0 aromatic carbocycles. The van der Waals surface area contributed by atoms with Crippen molar-refractivity contribution in [3.8, 4) is 0 Å². The van der Waals surface area contributed by atoms with Gasteiger partial charge < -0.3 is 23.7 Å². The van der Waals surface area contributed by atoms with E-state index in [4.69, 9.17) is 23.7 Å². The molecule has 64 heavy (non-hydrogen) atoms. The first-order valence-corrected chi connectivity index (χ1v) is 28.4. The highest BCUT2D eigenvalue weighted by Crippen LogP contribution is 2.57. The average Bonchev–Trinajstić information content (AvgIpc) is 3.61. The van der Waals surface area contributed by atoms with E-state index in [1.54, 1.807) is 5.57 Å². The summed E-state index contributed by atoms with van der Waals surface area (Å²) in [5, 5.41) is 0. The second kappa shape index (κ2) is 36.3. The second-order valence-electron chi connectivity index (χ2n) is 22.4. The molecule has 0 bridgehead atoms. The zero-order chi connectivity index (χ0) is 46.0. The Kier molecular flexibility index (Phi) is 32.7. The first-order valence-electron chi connectivity index (χ1n) is 28.4. The second-order valence-corrected chi connectivity index (χ2v) is 22.4. The van der Waals surface area contributed by atoms with E-state index < -0.39 is 0 Å². The van der Waals surface area contributed by atoms with Gasteiger partial charge in [-0.25, -0.2) is 0 Å². The van der Waals surface area contributed by atoms with Gasteiger partial charge in [0.05, 0.1) is 12.7 Å². The highest BCUT2D eigenvalue weighted by Gasteiger charge is 2.47. The lowest BCUT2D eigenvalue weighted by atomic mass is 9.63. The third-order valence-corrected chi connectivity index (χ3v) is 16.5. The minimum absolute atomic E-state index is 0.178. The summed E-state index contributed by atoms with van der Waals surface area (Å²) in [6.45, 7) is 24.6. The van der Waals surface area contributed by atoms with Crippen molar-refractivity contribution in [3.05, 3.63) is 23.8 Å². The molecule has 2 fully saturated rings. The van der Waals surface area contributed by atoms with Crippen LogP contribution in [0.1, 0.15) is 248 Å². The van der Waals surface area contributed by atoms with E-state index in [-0.39, 0.29) is 6.10 Å². The molecule has 0 aromatic rings. The smallest absolute Gasteiger partial charge is 0.0811 e. The lowest BCUT2D eigenvalue weighted by Crippen LogP contribution is -2.33. The van der Waals surface area contributed by atoms with Crippen LogP contribution < -0.4 is 0 Å². The molecule has 376 valence electrons. The topological polar surface area (TPSA) is 46.2 Å². The third kappa shape index (κ3) is 25.1. The zero-order valence-electron chi connectivity index (χ0n) is 44.0. The standard InChI is InChI=1S/C59H110O5/c1-8-9-10-11-12-13-14-15-16-17-18-19-20-21-22-23-41-63-50-56(49-54-36-47-62-48-37-54)64-46-29-45-61-44-28-43-60-42-27-39-58(6)38-26-40-59(7)55(33-25-32-53(58)5)34-35-57(59)52(4)31-24-30-51(2)3/h15-16,32,51-52,54-57H,8-14,17-31,33-50H2,1-7H3/b16-15-,53-32?/t52-,55-,56?,57-,58+,59+/m1/s1. The van der Waals surface area contributed by atoms with Gasteiger partial charge in [-0.05, 0) is 163 Å². The lowest BCUT2D eigenvalue weighted by Gasteiger charge is -2.42. The number of hydrogen-bond acceptors (Lipinski definition) is 5. The van der Waals surface area contributed by atoms with Crippen LogP contribution in [0, 0.1) is 40.4 Å². The molecule has 3 aliphatic rings. The number of fused-ring (bicyclic) bond motifs is 1. The molecule has 0 amide bonds. The van der Waals surface area contributed by atoms with Gasteiger partial charge in [0.2, 0.25) is 0 Å². The quantitative estimate of drug-likeness (QED) is 0.0456. The Bertz CT molecular complexity index is 1140. The van der Waals surface area contributed by atoms with Crippen molar-refractivity contribution >= 4 is 0 Å². The maximum atomic E-state index is 6.42. The minimum Gasteiger partial charge on any atom is -0.381 e. The van der Waals surface area contributed by atoms with Crippen molar-refractivity contribution in [1.29, 1.82) is 0 Å². The van der Waals surface area contributed by atoms with E-state index in [0.29, 0.717) is 23.4 Å². The SMILES string of the molecule is CCCCCCCC/C=C\CCCCCCCCOCC(CC1CCOCC1)OCCCOCCCOCCC[C@]1(C)CCC[C@@]2(C)[C@H](CCC=C1C)CC[C@@H]2[C@H](C)CCCC(C)C. The number of rotatable bonds is 38. The molecule has 0 aromatic heterocycles. The number of ether oxygens (including phenoxy) is 5. The van der Waals surface area contributed by atoms with Crippen LogP contribution in [-0.4, -0.2) is 65.6 Å². The minimum atomic E-state index is 0.178. The Hall–Kier alpha value is -0.720. The van der Waals surface area contributed by atoms with Gasteiger partial charge in [0.1, 0.15) is 0 Å². The average molecular weight is 900 g/mol.